The van der Waals surface area contributed by atoms with Gasteiger partial charge in [0.15, 0.2) is 0 Å². The molecule has 0 aromatic heterocycles. The topological polar surface area (TPSA) is 21.6 Å². The Balaban J connectivity index is 1.63. The number of aliphatic imine (C=N–C) groups is 1. The smallest absolute Gasteiger partial charge is 0.216 e. The van der Waals surface area contributed by atoms with Crippen molar-refractivity contribution in [1.29, 1.82) is 0 Å². The zero-order chi connectivity index (χ0) is 21.1. The van der Waals surface area contributed by atoms with Gasteiger partial charge in [0.2, 0.25) is 5.90 Å². The van der Waals surface area contributed by atoms with Crippen LogP contribution >= 0.6 is 0 Å². The molecule has 2 heteroatoms. The van der Waals surface area contributed by atoms with E-state index in [2.05, 4.69) is 76.2 Å². The first-order valence-corrected chi connectivity index (χ1v) is 10.7. The van der Waals surface area contributed by atoms with Crippen LogP contribution in [0.2, 0.25) is 0 Å². The number of hydrogen-bond donors (Lipinski definition) is 0. The van der Waals surface area contributed by atoms with Gasteiger partial charge < -0.3 is 4.74 Å². The molecule has 1 aliphatic rings. The van der Waals surface area contributed by atoms with Gasteiger partial charge in [0, 0.05) is 11.5 Å². The van der Waals surface area contributed by atoms with E-state index in [9.17, 15) is 0 Å². The van der Waals surface area contributed by atoms with Crippen molar-refractivity contribution in [1.82, 2.24) is 0 Å². The lowest BCUT2D eigenvalue weighted by Crippen LogP contribution is -2.23. The Bertz CT molecular complexity index is 957. The second kappa shape index (κ2) is 8.87. The van der Waals surface area contributed by atoms with Gasteiger partial charge in [-0.1, -0.05) is 76.9 Å². The molecule has 1 heterocycles. The highest BCUT2D eigenvalue weighted by Crippen LogP contribution is 2.28. The molecule has 4 rings (SSSR count). The monoisotopic (exact) mass is 396 g/mol. The Kier molecular flexibility index (Phi) is 6.03. The van der Waals surface area contributed by atoms with E-state index >= 15 is 0 Å². The molecule has 3 aromatic rings. The molecular weight excluding hydrogens is 366 g/mol. The highest BCUT2D eigenvalue weighted by atomic mass is 16.5. The van der Waals surface area contributed by atoms with Crippen LogP contribution in [0.5, 0.6) is 0 Å². The van der Waals surface area contributed by atoms with Gasteiger partial charge in [-0.2, -0.15) is 0 Å². The summed E-state index contributed by atoms with van der Waals surface area (Å²) in [4.78, 5) is 5.00. The standard InChI is InChI=1S/C28H30NO/c1-19-10-20(2)13-23(12-19)16-26(17-24-14-21(3)11-22(4)15-24)27-18-30-28(29-27)25-8-6-5-7-9-25/h5-15,27H,16-18H2,1-4H3/t27-/m0/s1. The fourth-order valence-electron chi connectivity index (χ4n) is 4.49. The van der Waals surface area contributed by atoms with Crippen LogP contribution in [0.3, 0.4) is 0 Å². The summed E-state index contributed by atoms with van der Waals surface area (Å²) in [6, 6.07) is 24.0. The van der Waals surface area contributed by atoms with Gasteiger partial charge in [-0.3, -0.25) is 0 Å². The van der Waals surface area contributed by atoms with Gasteiger partial charge in [-0.25, -0.2) is 4.99 Å². The molecule has 1 aliphatic heterocycles. The summed E-state index contributed by atoms with van der Waals surface area (Å²) < 4.78 is 6.03. The minimum absolute atomic E-state index is 0.0850. The summed E-state index contributed by atoms with van der Waals surface area (Å²) in [5.74, 6) is 2.18. The third kappa shape index (κ3) is 4.99. The van der Waals surface area contributed by atoms with Gasteiger partial charge in [0.25, 0.3) is 0 Å². The minimum atomic E-state index is 0.0850. The fraction of sp³-hybridized carbons (Fsp3) is 0.286. The van der Waals surface area contributed by atoms with E-state index in [4.69, 9.17) is 9.73 Å². The van der Waals surface area contributed by atoms with Gasteiger partial charge in [0.1, 0.15) is 6.61 Å². The number of rotatable bonds is 6. The molecule has 0 bridgehead atoms. The molecule has 0 saturated carbocycles. The first-order chi connectivity index (χ1) is 14.5. The first kappa shape index (κ1) is 20.4. The van der Waals surface area contributed by atoms with Crippen LogP contribution in [-0.2, 0) is 17.6 Å². The molecule has 2 nitrogen and oxygen atoms in total. The van der Waals surface area contributed by atoms with Crippen molar-refractivity contribution >= 4 is 5.90 Å². The van der Waals surface area contributed by atoms with Gasteiger partial charge in [0.05, 0.1) is 6.04 Å². The number of nitrogens with zero attached hydrogens (tertiary/aromatic N) is 1. The SMILES string of the molecule is Cc1cc(C)cc(C[C](Cc2cc(C)cc(C)c2)[C@@H]2COC(c3ccccc3)=N2)c1. The zero-order valence-corrected chi connectivity index (χ0v) is 18.4. The molecular formula is C28H30NO. The van der Waals surface area contributed by atoms with Crippen LogP contribution in [0.4, 0.5) is 0 Å². The zero-order valence-electron chi connectivity index (χ0n) is 18.4. The van der Waals surface area contributed by atoms with Crippen molar-refractivity contribution in [3.8, 4) is 0 Å². The summed E-state index contributed by atoms with van der Waals surface area (Å²) >= 11 is 0. The van der Waals surface area contributed by atoms with E-state index in [0.717, 1.165) is 24.3 Å². The molecule has 1 atom stereocenters. The fourth-order valence-corrected chi connectivity index (χ4v) is 4.49. The molecule has 0 fully saturated rings. The van der Waals surface area contributed by atoms with Crippen LogP contribution in [0.1, 0.15) is 38.9 Å². The van der Waals surface area contributed by atoms with Crippen molar-refractivity contribution in [2.75, 3.05) is 6.61 Å². The molecule has 3 aromatic carbocycles. The Hall–Kier alpha value is -2.87. The summed E-state index contributed by atoms with van der Waals surface area (Å²) in [5, 5.41) is 0. The molecule has 1 radical (unpaired) electrons. The normalized spacial score (nSPS) is 15.9. The predicted octanol–water partition coefficient (Wildman–Crippen LogP) is 6.13. The van der Waals surface area contributed by atoms with Crippen LogP contribution in [0, 0.1) is 33.6 Å². The lowest BCUT2D eigenvalue weighted by atomic mass is 9.86. The average molecular weight is 397 g/mol. The minimum Gasteiger partial charge on any atom is -0.475 e. The maximum Gasteiger partial charge on any atom is 0.216 e. The van der Waals surface area contributed by atoms with Crippen LogP contribution in [0.15, 0.2) is 71.7 Å². The quantitative estimate of drug-likeness (QED) is 0.491. The molecule has 0 amide bonds. The molecule has 153 valence electrons. The van der Waals surface area contributed by atoms with Crippen LogP contribution in [-0.4, -0.2) is 18.5 Å². The summed E-state index contributed by atoms with van der Waals surface area (Å²) in [6.07, 6.45) is 1.85. The summed E-state index contributed by atoms with van der Waals surface area (Å²) in [5.41, 5.74) is 9.01. The third-order valence-corrected chi connectivity index (χ3v) is 5.57. The maximum absolute atomic E-state index is 6.03. The Morgan fingerprint density at radius 2 is 1.27 bits per heavy atom. The lowest BCUT2D eigenvalue weighted by molar-refractivity contribution is 0.317. The van der Waals surface area contributed by atoms with Gasteiger partial charge in [-0.05, 0) is 63.8 Å². The summed E-state index contributed by atoms with van der Waals surface area (Å²) in [7, 11) is 0. The Morgan fingerprint density at radius 3 is 1.77 bits per heavy atom. The highest BCUT2D eigenvalue weighted by molar-refractivity contribution is 5.95. The number of hydrogen-bond acceptors (Lipinski definition) is 2. The molecule has 0 saturated heterocycles. The number of ether oxygens (including phenoxy) is 1. The first-order valence-electron chi connectivity index (χ1n) is 10.7. The van der Waals surface area contributed by atoms with Crippen molar-refractivity contribution in [3.05, 3.63) is 112 Å². The molecule has 0 N–H and O–H groups in total. The lowest BCUT2D eigenvalue weighted by Gasteiger charge is -2.21. The predicted molar refractivity (Wildman–Crippen MR) is 125 cm³/mol. The number of aryl methyl sites for hydroxylation is 4. The highest BCUT2D eigenvalue weighted by Gasteiger charge is 2.29. The second-order valence-corrected chi connectivity index (χ2v) is 8.63. The third-order valence-electron chi connectivity index (χ3n) is 5.57. The second-order valence-electron chi connectivity index (χ2n) is 8.63. The molecule has 0 unspecified atom stereocenters. The Morgan fingerprint density at radius 1 is 0.767 bits per heavy atom. The van der Waals surface area contributed by atoms with Crippen molar-refractivity contribution in [2.24, 2.45) is 4.99 Å². The van der Waals surface area contributed by atoms with E-state index < -0.39 is 0 Å². The van der Waals surface area contributed by atoms with Crippen LogP contribution in [0.25, 0.3) is 0 Å². The van der Waals surface area contributed by atoms with E-state index in [0.29, 0.717) is 6.61 Å². The Labute approximate surface area is 180 Å². The van der Waals surface area contributed by atoms with E-state index in [1.807, 2.05) is 18.2 Å². The number of benzene rings is 3. The van der Waals surface area contributed by atoms with E-state index in [1.165, 1.54) is 39.3 Å². The summed E-state index contributed by atoms with van der Waals surface area (Å²) in [6.45, 7) is 9.30. The molecule has 0 spiro atoms. The average Bonchev–Trinajstić information content (AvgIpc) is 3.17. The van der Waals surface area contributed by atoms with E-state index in [-0.39, 0.29) is 6.04 Å². The van der Waals surface area contributed by atoms with Gasteiger partial charge >= 0.3 is 0 Å². The van der Waals surface area contributed by atoms with E-state index in [1.54, 1.807) is 0 Å². The molecule has 0 aliphatic carbocycles. The van der Waals surface area contributed by atoms with Crippen molar-refractivity contribution < 1.29 is 4.74 Å². The van der Waals surface area contributed by atoms with Crippen molar-refractivity contribution in [3.63, 3.8) is 0 Å². The molecule has 30 heavy (non-hydrogen) atoms. The maximum atomic E-state index is 6.03. The van der Waals surface area contributed by atoms with Crippen molar-refractivity contribution in [2.45, 2.75) is 46.6 Å². The largest absolute Gasteiger partial charge is 0.475 e. The van der Waals surface area contributed by atoms with Gasteiger partial charge in [-0.15, -0.1) is 0 Å². The van der Waals surface area contributed by atoms with Crippen LogP contribution < -0.4 is 0 Å².